The maximum Gasteiger partial charge on any atom is 0.246 e. The molecule has 0 aromatic heterocycles. The highest BCUT2D eigenvalue weighted by molar-refractivity contribution is 5.78. The summed E-state index contributed by atoms with van der Waals surface area (Å²) in [6.07, 6.45) is 27.9. The van der Waals surface area contributed by atoms with E-state index in [0.29, 0.717) is 19.4 Å². The van der Waals surface area contributed by atoms with Gasteiger partial charge in [0.2, 0.25) is 11.8 Å². The summed E-state index contributed by atoms with van der Waals surface area (Å²) in [6, 6.07) is 0. The van der Waals surface area contributed by atoms with E-state index in [-0.39, 0.29) is 17.9 Å². The summed E-state index contributed by atoms with van der Waals surface area (Å²) in [5, 5.41) is 2.80. The molecule has 0 radical (unpaired) electrons. The van der Waals surface area contributed by atoms with Crippen molar-refractivity contribution in [2.75, 3.05) is 6.54 Å². The van der Waals surface area contributed by atoms with Crippen molar-refractivity contribution >= 4 is 11.8 Å². The quantitative estimate of drug-likeness (QED) is 0.280. The fourth-order valence-electron chi connectivity index (χ4n) is 2.81. The van der Waals surface area contributed by atoms with Crippen LogP contribution in [-0.4, -0.2) is 24.5 Å². The molecule has 0 aromatic rings. The van der Waals surface area contributed by atoms with E-state index < -0.39 is 0 Å². The lowest BCUT2D eigenvalue weighted by molar-refractivity contribution is -0.124. The van der Waals surface area contributed by atoms with E-state index in [1.54, 1.807) is 0 Å². The van der Waals surface area contributed by atoms with Crippen LogP contribution >= 0.6 is 0 Å². The minimum absolute atomic E-state index is 0.00355. The van der Waals surface area contributed by atoms with E-state index in [9.17, 15) is 9.59 Å². The normalized spacial score (nSPS) is 17.3. The summed E-state index contributed by atoms with van der Waals surface area (Å²) in [4.78, 5) is 27.7. The van der Waals surface area contributed by atoms with E-state index in [4.69, 9.17) is 4.84 Å². The molecule has 0 aliphatic carbocycles. The monoisotopic (exact) mass is 402 g/mol. The van der Waals surface area contributed by atoms with Gasteiger partial charge in [-0.1, -0.05) is 68.4 Å². The van der Waals surface area contributed by atoms with Gasteiger partial charge in [0.05, 0.1) is 6.42 Å². The molecule has 1 unspecified atom stereocenters. The van der Waals surface area contributed by atoms with Crippen LogP contribution in [0.3, 0.4) is 0 Å². The lowest BCUT2D eigenvalue weighted by Crippen LogP contribution is -2.32. The lowest BCUT2D eigenvalue weighted by atomic mass is 10.2. The van der Waals surface area contributed by atoms with Crippen molar-refractivity contribution in [1.82, 2.24) is 10.8 Å². The van der Waals surface area contributed by atoms with Gasteiger partial charge >= 0.3 is 0 Å². The maximum atomic E-state index is 11.7. The van der Waals surface area contributed by atoms with Gasteiger partial charge in [0.25, 0.3) is 0 Å². The Kier molecular flexibility index (Phi) is 15.4. The number of rotatable bonds is 16. The van der Waals surface area contributed by atoms with Gasteiger partial charge in [-0.15, -0.1) is 0 Å². The van der Waals surface area contributed by atoms with Crippen LogP contribution < -0.4 is 10.8 Å². The Hall–Kier alpha value is -2.14. The zero-order valence-corrected chi connectivity index (χ0v) is 17.9. The molecular formula is C24H38N2O3. The minimum atomic E-state index is -0.250. The second-order valence-corrected chi connectivity index (χ2v) is 7.25. The van der Waals surface area contributed by atoms with Crippen molar-refractivity contribution in [3.05, 3.63) is 48.6 Å². The topological polar surface area (TPSA) is 67.4 Å². The average Bonchev–Trinajstić information content (AvgIpc) is 3.14. The van der Waals surface area contributed by atoms with Crippen LogP contribution in [0, 0.1) is 0 Å². The van der Waals surface area contributed by atoms with Crippen LogP contribution in [0.1, 0.15) is 77.6 Å². The molecule has 1 saturated heterocycles. The zero-order valence-electron chi connectivity index (χ0n) is 17.9. The van der Waals surface area contributed by atoms with Gasteiger partial charge in [0, 0.05) is 13.0 Å². The smallest absolute Gasteiger partial charge is 0.246 e. The summed E-state index contributed by atoms with van der Waals surface area (Å²) in [5.74, 6) is -0.131. The molecule has 0 bridgehead atoms. The Labute approximate surface area is 176 Å². The summed E-state index contributed by atoms with van der Waals surface area (Å²) in [7, 11) is 0. The van der Waals surface area contributed by atoms with Gasteiger partial charge in [-0.25, -0.2) is 5.48 Å². The highest BCUT2D eigenvalue weighted by Crippen LogP contribution is 2.04. The first-order chi connectivity index (χ1) is 14.2. The first kappa shape index (κ1) is 24.9. The molecule has 1 fully saturated rings. The molecule has 1 heterocycles. The van der Waals surface area contributed by atoms with Crippen LogP contribution in [0.5, 0.6) is 0 Å². The summed E-state index contributed by atoms with van der Waals surface area (Å²) < 4.78 is 0. The molecule has 0 saturated carbocycles. The van der Waals surface area contributed by atoms with Crippen LogP contribution in [-0.2, 0) is 14.4 Å². The average molecular weight is 403 g/mol. The molecule has 5 nitrogen and oxygen atoms in total. The van der Waals surface area contributed by atoms with Crippen molar-refractivity contribution in [2.45, 2.75) is 83.7 Å². The Morgan fingerprint density at radius 1 is 0.966 bits per heavy atom. The Bertz CT molecular complexity index is 564. The first-order valence-corrected chi connectivity index (χ1v) is 11.0. The largest absolute Gasteiger partial charge is 0.353 e. The molecule has 1 aliphatic heterocycles. The lowest BCUT2D eigenvalue weighted by Gasteiger charge is -2.08. The van der Waals surface area contributed by atoms with E-state index in [0.717, 1.165) is 32.1 Å². The molecular weight excluding hydrogens is 364 g/mol. The van der Waals surface area contributed by atoms with Gasteiger partial charge in [0.1, 0.15) is 6.10 Å². The van der Waals surface area contributed by atoms with Gasteiger partial charge in [0.15, 0.2) is 0 Å². The summed E-state index contributed by atoms with van der Waals surface area (Å²) in [6.45, 7) is 2.61. The third-order valence-electron chi connectivity index (χ3n) is 4.51. The number of hydrogen-bond acceptors (Lipinski definition) is 3. The highest BCUT2D eigenvalue weighted by Gasteiger charge is 2.22. The molecule has 0 spiro atoms. The van der Waals surface area contributed by atoms with Gasteiger partial charge < -0.3 is 5.32 Å². The summed E-state index contributed by atoms with van der Waals surface area (Å²) >= 11 is 0. The SMILES string of the molecule is CCCCC/C=C/C/C=C/C/C=C/C/C=C/CCCC(=O)NCC1CC(=O)NO1. The van der Waals surface area contributed by atoms with Gasteiger partial charge in [-0.2, -0.15) is 0 Å². The third-order valence-corrected chi connectivity index (χ3v) is 4.51. The number of hydroxylamine groups is 1. The second-order valence-electron chi connectivity index (χ2n) is 7.25. The first-order valence-electron chi connectivity index (χ1n) is 11.0. The number of amides is 2. The molecule has 0 aromatic carbocycles. The molecule has 29 heavy (non-hydrogen) atoms. The van der Waals surface area contributed by atoms with E-state index >= 15 is 0 Å². The molecule has 2 N–H and O–H groups in total. The van der Waals surface area contributed by atoms with Crippen LogP contribution in [0.4, 0.5) is 0 Å². The molecule has 1 aliphatic rings. The van der Waals surface area contributed by atoms with Crippen molar-refractivity contribution in [1.29, 1.82) is 0 Å². The van der Waals surface area contributed by atoms with E-state index in [2.05, 4.69) is 66.3 Å². The Balaban J connectivity index is 1.90. The number of carbonyl (C=O) groups is 2. The van der Waals surface area contributed by atoms with Crippen molar-refractivity contribution in [3.63, 3.8) is 0 Å². The van der Waals surface area contributed by atoms with E-state index in [1.807, 2.05) is 0 Å². The second kappa shape index (κ2) is 17.9. The third kappa shape index (κ3) is 15.5. The molecule has 1 atom stereocenters. The maximum absolute atomic E-state index is 11.7. The van der Waals surface area contributed by atoms with Crippen LogP contribution in [0.2, 0.25) is 0 Å². The number of hydrogen-bond donors (Lipinski definition) is 2. The molecule has 2 amide bonds. The van der Waals surface area contributed by atoms with Crippen LogP contribution in [0.15, 0.2) is 48.6 Å². The van der Waals surface area contributed by atoms with Crippen molar-refractivity contribution < 1.29 is 14.4 Å². The van der Waals surface area contributed by atoms with Crippen molar-refractivity contribution in [3.8, 4) is 0 Å². The number of nitrogens with one attached hydrogen (secondary N) is 2. The predicted octanol–water partition coefficient (Wildman–Crippen LogP) is 5.07. The zero-order chi connectivity index (χ0) is 21.0. The van der Waals surface area contributed by atoms with Crippen molar-refractivity contribution in [2.24, 2.45) is 0 Å². The summed E-state index contributed by atoms with van der Waals surface area (Å²) in [5.41, 5.74) is 2.29. The van der Waals surface area contributed by atoms with Gasteiger partial charge in [-0.05, 0) is 44.9 Å². The fraction of sp³-hybridized carbons (Fsp3) is 0.583. The Morgan fingerprint density at radius 2 is 1.55 bits per heavy atom. The molecule has 1 rings (SSSR count). The molecule has 162 valence electrons. The fourth-order valence-corrected chi connectivity index (χ4v) is 2.81. The standard InChI is InChI=1S/C24H38N2O3/c1-2-3-4-5-6-7-8-9-10-11-12-13-14-15-16-17-18-19-23(27)25-21-22-20-24(28)26-29-22/h6-7,9-10,12-13,15-16,22H,2-5,8,11,14,17-21H2,1H3,(H,25,27)(H,26,28)/b7-6+,10-9+,13-12+,16-15+. The molecule has 5 heteroatoms. The minimum Gasteiger partial charge on any atom is -0.353 e. The number of allylic oxidation sites excluding steroid dienone is 8. The van der Waals surface area contributed by atoms with Gasteiger partial charge in [-0.3, -0.25) is 14.4 Å². The highest BCUT2D eigenvalue weighted by atomic mass is 16.7. The number of unbranched alkanes of at least 4 members (excludes halogenated alkanes) is 4. The van der Waals surface area contributed by atoms with E-state index in [1.165, 1.54) is 25.7 Å². The number of carbonyl (C=O) groups excluding carboxylic acids is 2. The van der Waals surface area contributed by atoms with Crippen LogP contribution in [0.25, 0.3) is 0 Å². The predicted molar refractivity (Wildman–Crippen MR) is 119 cm³/mol. The Morgan fingerprint density at radius 3 is 2.10 bits per heavy atom.